The summed E-state index contributed by atoms with van der Waals surface area (Å²) < 4.78 is 9.72. The lowest BCUT2D eigenvalue weighted by molar-refractivity contribution is -0.139. The number of ether oxygens (including phenoxy) is 2. The number of benzene rings is 1. The largest absolute Gasteiger partial charge is 0.495 e. The van der Waals surface area contributed by atoms with Crippen LogP contribution in [0.4, 0.5) is 5.69 Å². The zero-order chi connectivity index (χ0) is 11.7. The van der Waals surface area contributed by atoms with E-state index in [9.17, 15) is 4.79 Å². The van der Waals surface area contributed by atoms with Crippen LogP contribution in [0.3, 0.4) is 0 Å². The first-order chi connectivity index (χ1) is 7.67. The normalized spacial score (nSPS) is 18.2. The number of carbonyl (C=O) groups is 1. The highest BCUT2D eigenvalue weighted by Gasteiger charge is 2.41. The molecule has 1 atom stereocenters. The van der Waals surface area contributed by atoms with Gasteiger partial charge in [0, 0.05) is 5.69 Å². The number of nitrogens with zero attached hydrogens (tertiary/aromatic N) is 1. The molecule has 0 spiro atoms. The lowest BCUT2D eigenvalue weighted by atomic mass is 10.3. The van der Waals surface area contributed by atoms with E-state index in [4.69, 9.17) is 16.3 Å². The fourth-order valence-electron chi connectivity index (χ4n) is 1.60. The third-order valence-corrected chi connectivity index (χ3v) is 2.85. The van der Waals surface area contributed by atoms with Crippen molar-refractivity contribution in [1.29, 1.82) is 0 Å². The van der Waals surface area contributed by atoms with E-state index in [2.05, 4.69) is 4.74 Å². The van der Waals surface area contributed by atoms with Crippen LogP contribution in [0.25, 0.3) is 0 Å². The van der Waals surface area contributed by atoms with Crippen LogP contribution in [0.1, 0.15) is 0 Å². The van der Waals surface area contributed by atoms with Gasteiger partial charge in [0.25, 0.3) is 0 Å². The molecule has 0 amide bonds. The first-order valence-electron chi connectivity index (χ1n) is 4.85. The Morgan fingerprint density at radius 1 is 1.50 bits per heavy atom. The Bertz CT molecular complexity index is 422. The lowest BCUT2D eigenvalue weighted by Gasteiger charge is -2.08. The minimum absolute atomic E-state index is 0.172. The van der Waals surface area contributed by atoms with Crippen molar-refractivity contribution in [1.82, 2.24) is 0 Å². The van der Waals surface area contributed by atoms with Crippen molar-refractivity contribution in [3.8, 4) is 5.75 Å². The minimum atomic E-state index is -0.216. The first-order valence-corrected chi connectivity index (χ1v) is 5.23. The van der Waals surface area contributed by atoms with Crippen LogP contribution in [0, 0.1) is 0 Å². The average molecular weight is 242 g/mol. The van der Waals surface area contributed by atoms with Gasteiger partial charge >= 0.3 is 5.97 Å². The molecule has 1 fully saturated rings. The fraction of sp³-hybridized carbons (Fsp3) is 0.364. The molecule has 2 rings (SSSR count). The van der Waals surface area contributed by atoms with Gasteiger partial charge in [0.2, 0.25) is 0 Å². The number of hydrogen-bond donors (Lipinski definition) is 0. The van der Waals surface area contributed by atoms with E-state index < -0.39 is 0 Å². The molecule has 1 aromatic rings. The predicted molar refractivity (Wildman–Crippen MR) is 61.2 cm³/mol. The van der Waals surface area contributed by atoms with Crippen LogP contribution < -0.4 is 9.64 Å². The number of methoxy groups -OCH3 is 2. The predicted octanol–water partition coefficient (Wildman–Crippen LogP) is 1.71. The first kappa shape index (κ1) is 11.1. The molecule has 1 heterocycles. The zero-order valence-electron chi connectivity index (χ0n) is 9.07. The number of hydrogen-bond acceptors (Lipinski definition) is 4. The van der Waals surface area contributed by atoms with Crippen LogP contribution in [-0.2, 0) is 9.53 Å². The summed E-state index contributed by atoms with van der Waals surface area (Å²) in [5.41, 5.74) is 0.904. The molecule has 1 unspecified atom stereocenters. The maximum Gasteiger partial charge on any atom is 0.330 e. The molecule has 0 saturated carbocycles. The van der Waals surface area contributed by atoms with Crippen molar-refractivity contribution in [2.24, 2.45) is 0 Å². The van der Waals surface area contributed by atoms with Crippen molar-refractivity contribution in [3.05, 3.63) is 23.2 Å². The fourth-order valence-corrected chi connectivity index (χ4v) is 1.85. The molecule has 0 aliphatic carbocycles. The Morgan fingerprint density at radius 3 is 2.81 bits per heavy atom. The molecule has 1 saturated heterocycles. The number of halogens is 1. The van der Waals surface area contributed by atoms with Crippen molar-refractivity contribution >= 4 is 23.3 Å². The summed E-state index contributed by atoms with van der Waals surface area (Å²) in [6, 6.07) is 5.26. The van der Waals surface area contributed by atoms with Gasteiger partial charge in [-0.15, -0.1) is 0 Å². The number of esters is 1. The highest BCUT2D eigenvalue weighted by molar-refractivity contribution is 6.32. The maximum absolute atomic E-state index is 11.2. The SMILES string of the molecule is COC(=O)C1CN1c1ccc(OC)c(Cl)c1. The van der Waals surface area contributed by atoms with Gasteiger partial charge in [0.15, 0.2) is 0 Å². The molecule has 0 radical (unpaired) electrons. The van der Waals surface area contributed by atoms with Crippen molar-refractivity contribution in [2.45, 2.75) is 6.04 Å². The van der Waals surface area contributed by atoms with Crippen LogP contribution in [0.2, 0.25) is 5.02 Å². The number of anilines is 1. The summed E-state index contributed by atoms with van der Waals surface area (Å²) in [4.78, 5) is 13.2. The monoisotopic (exact) mass is 241 g/mol. The Balaban J connectivity index is 2.13. The number of rotatable bonds is 3. The summed E-state index contributed by atoms with van der Waals surface area (Å²) in [7, 11) is 2.95. The zero-order valence-corrected chi connectivity index (χ0v) is 9.82. The van der Waals surface area contributed by atoms with Gasteiger partial charge in [-0.3, -0.25) is 0 Å². The van der Waals surface area contributed by atoms with E-state index >= 15 is 0 Å². The van der Waals surface area contributed by atoms with Gasteiger partial charge in [-0.1, -0.05) is 11.6 Å². The van der Waals surface area contributed by atoms with Crippen molar-refractivity contribution in [3.63, 3.8) is 0 Å². The lowest BCUT2D eigenvalue weighted by Crippen LogP contribution is -2.13. The molecular formula is C11H12ClNO3. The second kappa shape index (κ2) is 4.22. The standard InChI is InChI=1S/C11H12ClNO3/c1-15-10-4-3-7(5-8(10)12)13-6-9(13)11(14)16-2/h3-5,9H,6H2,1-2H3. The molecule has 1 aliphatic rings. The van der Waals surface area contributed by atoms with E-state index in [1.165, 1.54) is 7.11 Å². The molecule has 5 heteroatoms. The van der Waals surface area contributed by atoms with E-state index in [1.54, 1.807) is 19.2 Å². The van der Waals surface area contributed by atoms with E-state index in [0.29, 0.717) is 17.3 Å². The van der Waals surface area contributed by atoms with Crippen LogP contribution in [-0.4, -0.2) is 32.8 Å². The second-order valence-corrected chi connectivity index (χ2v) is 3.92. The Labute approximate surface area is 98.7 Å². The average Bonchev–Trinajstić information content (AvgIpc) is 3.08. The van der Waals surface area contributed by atoms with Crippen LogP contribution in [0.5, 0.6) is 5.75 Å². The van der Waals surface area contributed by atoms with Gasteiger partial charge < -0.3 is 14.4 Å². The quantitative estimate of drug-likeness (QED) is 0.597. The van der Waals surface area contributed by atoms with Gasteiger partial charge in [0.05, 0.1) is 25.8 Å². The maximum atomic E-state index is 11.2. The molecular weight excluding hydrogens is 230 g/mol. The minimum Gasteiger partial charge on any atom is -0.495 e. The Kier molecular flexibility index (Phi) is 2.92. The highest BCUT2D eigenvalue weighted by atomic mass is 35.5. The molecule has 0 aromatic heterocycles. The number of carbonyl (C=O) groups excluding carboxylic acids is 1. The van der Waals surface area contributed by atoms with Crippen LogP contribution in [0.15, 0.2) is 18.2 Å². The van der Waals surface area contributed by atoms with Crippen LogP contribution >= 0.6 is 11.6 Å². The summed E-state index contributed by atoms with van der Waals surface area (Å²) in [5, 5.41) is 0.538. The summed E-state index contributed by atoms with van der Waals surface area (Å²) in [5.74, 6) is 0.411. The summed E-state index contributed by atoms with van der Waals surface area (Å²) in [6.07, 6.45) is 0. The third kappa shape index (κ3) is 1.93. The van der Waals surface area contributed by atoms with Gasteiger partial charge in [-0.25, -0.2) is 4.79 Å². The smallest absolute Gasteiger partial charge is 0.330 e. The Hall–Kier alpha value is -1.42. The molecule has 86 valence electrons. The van der Waals surface area contributed by atoms with Gasteiger partial charge in [-0.05, 0) is 18.2 Å². The molecule has 0 N–H and O–H groups in total. The van der Waals surface area contributed by atoms with E-state index in [1.807, 2.05) is 11.0 Å². The van der Waals surface area contributed by atoms with Crippen molar-refractivity contribution < 1.29 is 14.3 Å². The van der Waals surface area contributed by atoms with E-state index in [-0.39, 0.29) is 12.0 Å². The molecule has 4 nitrogen and oxygen atoms in total. The molecule has 1 aliphatic heterocycles. The third-order valence-electron chi connectivity index (χ3n) is 2.55. The van der Waals surface area contributed by atoms with Gasteiger partial charge in [0.1, 0.15) is 11.8 Å². The summed E-state index contributed by atoms with van der Waals surface area (Å²) in [6.45, 7) is 0.676. The summed E-state index contributed by atoms with van der Waals surface area (Å²) >= 11 is 5.99. The molecule has 0 bridgehead atoms. The van der Waals surface area contributed by atoms with Gasteiger partial charge in [-0.2, -0.15) is 0 Å². The Morgan fingerprint density at radius 2 is 2.25 bits per heavy atom. The molecule has 16 heavy (non-hydrogen) atoms. The van der Waals surface area contributed by atoms with E-state index in [0.717, 1.165) is 5.69 Å². The molecule has 1 aromatic carbocycles. The topological polar surface area (TPSA) is 38.5 Å². The second-order valence-electron chi connectivity index (χ2n) is 3.51. The van der Waals surface area contributed by atoms with Crippen molar-refractivity contribution in [2.75, 3.05) is 25.7 Å². The highest BCUT2D eigenvalue weighted by Crippen LogP contribution is 2.34.